The third kappa shape index (κ3) is 4.04. The maximum absolute atomic E-state index is 13.0. The van der Waals surface area contributed by atoms with E-state index in [1.165, 1.54) is 17.1 Å². The van der Waals surface area contributed by atoms with Crippen LogP contribution in [0, 0.1) is 6.92 Å². The van der Waals surface area contributed by atoms with Gasteiger partial charge in [-0.15, -0.1) is 5.10 Å². The maximum Gasteiger partial charge on any atom is 0.243 e. The second-order valence-electron chi connectivity index (χ2n) is 6.73. The molecule has 4 rings (SSSR count). The van der Waals surface area contributed by atoms with Crippen LogP contribution in [-0.4, -0.2) is 40.4 Å². The molecule has 0 atom stereocenters. The minimum Gasteiger partial charge on any atom is -0.254 e. The van der Waals surface area contributed by atoms with Crippen LogP contribution in [0.25, 0.3) is 17.3 Å². The number of hydrogen-bond donors (Lipinski definition) is 0. The van der Waals surface area contributed by atoms with Gasteiger partial charge in [-0.1, -0.05) is 28.3 Å². The summed E-state index contributed by atoms with van der Waals surface area (Å²) in [4.78, 5) is 4.81. The molecule has 0 N–H and O–H groups in total. The first-order chi connectivity index (χ1) is 13.5. The van der Waals surface area contributed by atoms with Gasteiger partial charge in [-0.25, -0.2) is 8.42 Å². The molecular formula is C20H20N4O2S2. The maximum atomic E-state index is 13.0. The summed E-state index contributed by atoms with van der Waals surface area (Å²) in [6.07, 6.45) is 3.52. The van der Waals surface area contributed by atoms with Crippen molar-refractivity contribution in [2.24, 2.45) is 0 Å². The molecule has 0 bridgehead atoms. The van der Waals surface area contributed by atoms with Crippen LogP contribution in [0.4, 0.5) is 0 Å². The van der Waals surface area contributed by atoms with E-state index >= 15 is 0 Å². The van der Waals surface area contributed by atoms with Crippen molar-refractivity contribution in [3.8, 4) is 11.3 Å². The third-order valence-corrected chi connectivity index (χ3v) is 7.19. The fraction of sp³-hybridized carbons (Fsp3) is 0.250. The number of aromatic nitrogens is 3. The van der Waals surface area contributed by atoms with Gasteiger partial charge in [0, 0.05) is 29.7 Å². The molecule has 1 aromatic carbocycles. The highest BCUT2D eigenvalue weighted by Crippen LogP contribution is 2.26. The number of benzene rings is 1. The van der Waals surface area contributed by atoms with Crippen LogP contribution >= 0.6 is 11.5 Å². The summed E-state index contributed by atoms with van der Waals surface area (Å²) >= 11 is 1.27. The van der Waals surface area contributed by atoms with Crippen LogP contribution in [0.3, 0.4) is 0 Å². The first-order valence-corrected chi connectivity index (χ1v) is 11.3. The van der Waals surface area contributed by atoms with Gasteiger partial charge in [0.1, 0.15) is 5.69 Å². The summed E-state index contributed by atoms with van der Waals surface area (Å²) < 4.78 is 31.3. The van der Waals surface area contributed by atoms with E-state index < -0.39 is 10.0 Å². The zero-order chi connectivity index (χ0) is 19.6. The van der Waals surface area contributed by atoms with Crippen LogP contribution in [0.1, 0.15) is 24.2 Å². The molecule has 8 heteroatoms. The lowest BCUT2D eigenvalue weighted by Gasteiger charge is -2.27. The quantitative estimate of drug-likeness (QED) is 0.652. The van der Waals surface area contributed by atoms with Gasteiger partial charge in [-0.3, -0.25) is 4.98 Å². The van der Waals surface area contributed by atoms with Gasteiger partial charge in [0.05, 0.1) is 10.6 Å². The van der Waals surface area contributed by atoms with Gasteiger partial charge in [-0.05, 0) is 61.6 Å². The van der Waals surface area contributed by atoms with E-state index in [-0.39, 0.29) is 0 Å². The van der Waals surface area contributed by atoms with E-state index in [1.807, 2.05) is 30.5 Å². The molecule has 0 amide bonds. The van der Waals surface area contributed by atoms with Crippen molar-refractivity contribution >= 4 is 27.6 Å². The summed E-state index contributed by atoms with van der Waals surface area (Å²) in [7, 11) is -3.49. The molecular weight excluding hydrogens is 392 g/mol. The van der Waals surface area contributed by atoms with Crippen LogP contribution in [0.15, 0.2) is 58.3 Å². The van der Waals surface area contributed by atoms with Gasteiger partial charge in [0.25, 0.3) is 0 Å². The average Bonchev–Trinajstić information content (AvgIpc) is 3.23. The molecule has 0 aliphatic carbocycles. The Bertz CT molecular complexity index is 1080. The minimum absolute atomic E-state index is 0.312. The average molecular weight is 413 g/mol. The highest BCUT2D eigenvalue weighted by Gasteiger charge is 2.27. The molecule has 3 aromatic rings. The van der Waals surface area contributed by atoms with E-state index in [1.54, 1.807) is 28.6 Å². The van der Waals surface area contributed by atoms with Crippen LogP contribution in [0.2, 0.25) is 0 Å². The largest absolute Gasteiger partial charge is 0.254 e. The lowest BCUT2D eigenvalue weighted by Crippen LogP contribution is -2.36. The van der Waals surface area contributed by atoms with Crippen LogP contribution in [0.5, 0.6) is 0 Å². The molecule has 0 saturated carbocycles. The second kappa shape index (κ2) is 7.90. The van der Waals surface area contributed by atoms with Crippen molar-refractivity contribution in [2.75, 3.05) is 13.1 Å². The molecule has 0 radical (unpaired) electrons. The summed E-state index contributed by atoms with van der Waals surface area (Å²) in [5.41, 5.74) is 4.76. The van der Waals surface area contributed by atoms with Crippen molar-refractivity contribution in [1.29, 1.82) is 0 Å². The monoisotopic (exact) mass is 412 g/mol. The normalized spacial score (nSPS) is 15.5. The predicted molar refractivity (Wildman–Crippen MR) is 110 cm³/mol. The number of sulfonamides is 1. The first-order valence-electron chi connectivity index (χ1n) is 9.03. The number of hydrogen-bond acceptors (Lipinski definition) is 6. The van der Waals surface area contributed by atoms with Crippen molar-refractivity contribution in [3.63, 3.8) is 0 Å². The molecule has 6 nitrogen and oxygen atoms in total. The number of piperidine rings is 1. The molecule has 1 saturated heterocycles. The number of aryl methyl sites for hydroxylation is 1. The van der Waals surface area contributed by atoms with E-state index in [0.717, 1.165) is 35.5 Å². The fourth-order valence-corrected chi connectivity index (χ4v) is 5.16. The van der Waals surface area contributed by atoms with Gasteiger partial charge in [0.2, 0.25) is 10.0 Å². The van der Waals surface area contributed by atoms with Crippen molar-refractivity contribution in [2.45, 2.75) is 24.7 Å². The van der Waals surface area contributed by atoms with Crippen molar-refractivity contribution in [3.05, 3.63) is 64.8 Å². The third-order valence-electron chi connectivity index (χ3n) is 4.77. The topological polar surface area (TPSA) is 76.1 Å². The molecule has 2 aromatic heterocycles. The molecule has 0 unspecified atom stereocenters. The first kappa shape index (κ1) is 18.9. The Kier molecular flexibility index (Phi) is 5.34. The minimum atomic E-state index is -3.49. The number of nitrogens with zero attached hydrogens (tertiary/aromatic N) is 4. The van der Waals surface area contributed by atoms with Gasteiger partial charge >= 0.3 is 0 Å². The molecule has 1 aliphatic heterocycles. The van der Waals surface area contributed by atoms with Crippen molar-refractivity contribution in [1.82, 2.24) is 18.9 Å². The molecule has 3 heterocycles. The summed E-state index contributed by atoms with van der Waals surface area (Å²) in [5, 5.41) is 5.85. The summed E-state index contributed by atoms with van der Waals surface area (Å²) in [5.74, 6) is 0. The number of rotatable bonds is 4. The van der Waals surface area contributed by atoms with E-state index in [9.17, 15) is 8.42 Å². The van der Waals surface area contributed by atoms with E-state index in [2.05, 4.69) is 20.6 Å². The Labute approximate surface area is 168 Å². The van der Waals surface area contributed by atoms with Crippen LogP contribution < -0.4 is 0 Å². The molecule has 144 valence electrons. The number of pyridine rings is 1. The highest BCUT2D eigenvalue weighted by molar-refractivity contribution is 7.89. The zero-order valence-electron chi connectivity index (χ0n) is 15.4. The second-order valence-corrected chi connectivity index (χ2v) is 9.27. The smallest absolute Gasteiger partial charge is 0.243 e. The Morgan fingerprint density at radius 3 is 2.46 bits per heavy atom. The standard InChI is InChI=1S/C20H20N4O2S2/c1-15-3-2-4-18(21-15)13-16-9-11-24(12-10-16)28(25,26)19-7-5-17(6-8-19)20-14-27-23-22-20/h2-8,13-14H,9-12H2,1H3. The zero-order valence-corrected chi connectivity index (χ0v) is 17.1. The van der Waals surface area contributed by atoms with Gasteiger partial charge in [0.15, 0.2) is 0 Å². The molecule has 1 fully saturated rings. The van der Waals surface area contributed by atoms with E-state index in [0.29, 0.717) is 18.0 Å². The van der Waals surface area contributed by atoms with Crippen LogP contribution in [-0.2, 0) is 10.0 Å². The van der Waals surface area contributed by atoms with Crippen molar-refractivity contribution < 1.29 is 8.42 Å². The fourth-order valence-electron chi connectivity index (χ4n) is 3.25. The SMILES string of the molecule is Cc1cccc(C=C2CCN(S(=O)(=O)c3ccc(-c4csnn4)cc3)CC2)n1. The summed E-state index contributed by atoms with van der Waals surface area (Å²) in [6, 6.07) is 12.8. The van der Waals surface area contributed by atoms with Gasteiger partial charge < -0.3 is 0 Å². The lowest BCUT2D eigenvalue weighted by molar-refractivity contribution is 0.388. The predicted octanol–water partition coefficient (Wildman–Crippen LogP) is 3.78. The Hall–Kier alpha value is -2.42. The Morgan fingerprint density at radius 1 is 1.07 bits per heavy atom. The van der Waals surface area contributed by atoms with Gasteiger partial charge in [-0.2, -0.15) is 4.31 Å². The lowest BCUT2D eigenvalue weighted by atomic mass is 10.0. The molecule has 1 aliphatic rings. The summed E-state index contributed by atoms with van der Waals surface area (Å²) in [6.45, 7) is 2.93. The highest BCUT2D eigenvalue weighted by atomic mass is 32.2. The Morgan fingerprint density at radius 2 is 1.82 bits per heavy atom. The van der Waals surface area contributed by atoms with E-state index in [4.69, 9.17) is 0 Å². The molecule has 28 heavy (non-hydrogen) atoms. The Balaban J connectivity index is 1.46. The molecule has 0 spiro atoms.